The highest BCUT2D eigenvalue weighted by molar-refractivity contribution is 5.49. The van der Waals surface area contributed by atoms with Crippen LogP contribution in [0.1, 0.15) is 17.2 Å². The summed E-state index contributed by atoms with van der Waals surface area (Å²) in [4.78, 5) is 8.52. The van der Waals surface area contributed by atoms with Gasteiger partial charge in [-0.3, -0.25) is 0 Å². The number of halogens is 1. The molecule has 2 aromatic carbocycles. The molecule has 0 bridgehead atoms. The lowest BCUT2D eigenvalue weighted by atomic mass is 9.97. The molecule has 6 nitrogen and oxygen atoms in total. The van der Waals surface area contributed by atoms with Gasteiger partial charge >= 0.3 is 0 Å². The maximum Gasteiger partial charge on any atom is 0.226 e. The summed E-state index contributed by atoms with van der Waals surface area (Å²) >= 11 is 0. The minimum absolute atomic E-state index is 0.341. The maximum atomic E-state index is 14.0. The van der Waals surface area contributed by atoms with E-state index in [2.05, 4.69) is 15.3 Å². The van der Waals surface area contributed by atoms with E-state index in [1.807, 2.05) is 24.3 Å². The summed E-state index contributed by atoms with van der Waals surface area (Å²) in [5.74, 6) is 1.62. The molecular formula is C20H20FN3O3. The average Bonchev–Trinajstić information content (AvgIpc) is 2.72. The van der Waals surface area contributed by atoms with Gasteiger partial charge in [0.1, 0.15) is 17.3 Å². The van der Waals surface area contributed by atoms with Crippen molar-refractivity contribution in [1.29, 1.82) is 0 Å². The summed E-state index contributed by atoms with van der Waals surface area (Å²) in [5.41, 5.74) is 1.45. The van der Waals surface area contributed by atoms with Crippen molar-refractivity contribution < 1.29 is 18.6 Å². The number of aromatic nitrogens is 2. The fourth-order valence-electron chi connectivity index (χ4n) is 2.75. The van der Waals surface area contributed by atoms with Gasteiger partial charge in [-0.25, -0.2) is 9.37 Å². The largest absolute Gasteiger partial charge is 0.497 e. The standard InChI is InChI=1S/C20H20FN3O3/c1-25-15-6-4-5-13(11-15)19(16-12-14(21)7-8-17(16)26-2)24-20-22-10-9-18(23-20)27-3/h4-12,19H,1-3H3,(H,22,23,24). The maximum absolute atomic E-state index is 14.0. The Balaban J connectivity index is 2.09. The van der Waals surface area contributed by atoms with Crippen LogP contribution in [0.3, 0.4) is 0 Å². The zero-order valence-electron chi connectivity index (χ0n) is 15.3. The van der Waals surface area contributed by atoms with E-state index >= 15 is 0 Å². The number of methoxy groups -OCH3 is 3. The summed E-state index contributed by atoms with van der Waals surface area (Å²) in [7, 11) is 4.66. The predicted molar refractivity (Wildman–Crippen MR) is 100.0 cm³/mol. The molecule has 1 heterocycles. The highest BCUT2D eigenvalue weighted by atomic mass is 19.1. The number of anilines is 1. The molecule has 0 saturated carbocycles. The molecule has 0 radical (unpaired) electrons. The van der Waals surface area contributed by atoms with Crippen LogP contribution in [0.2, 0.25) is 0 Å². The van der Waals surface area contributed by atoms with E-state index in [9.17, 15) is 4.39 Å². The number of nitrogens with one attached hydrogen (secondary N) is 1. The van der Waals surface area contributed by atoms with Gasteiger partial charge in [0.05, 0.1) is 27.4 Å². The quantitative estimate of drug-likeness (QED) is 0.683. The monoisotopic (exact) mass is 369 g/mol. The third-order valence-corrected chi connectivity index (χ3v) is 4.04. The molecule has 1 atom stereocenters. The Labute approximate surface area is 157 Å². The second-order valence-corrected chi connectivity index (χ2v) is 5.66. The summed E-state index contributed by atoms with van der Waals surface area (Å²) in [5, 5.41) is 3.24. The molecule has 0 saturated heterocycles. The van der Waals surface area contributed by atoms with Gasteiger partial charge in [-0.1, -0.05) is 12.1 Å². The number of rotatable bonds is 7. The molecule has 0 aliphatic carbocycles. The Hall–Kier alpha value is -3.35. The van der Waals surface area contributed by atoms with Crippen molar-refractivity contribution in [1.82, 2.24) is 9.97 Å². The van der Waals surface area contributed by atoms with Crippen LogP contribution < -0.4 is 19.5 Å². The molecule has 0 aliphatic heterocycles. The van der Waals surface area contributed by atoms with Crippen molar-refractivity contribution in [3.63, 3.8) is 0 Å². The van der Waals surface area contributed by atoms with Crippen molar-refractivity contribution in [2.45, 2.75) is 6.04 Å². The SMILES string of the molecule is COc1cccc(C(Nc2nccc(OC)n2)c2cc(F)ccc2OC)c1. The summed E-state index contributed by atoms with van der Waals surface area (Å²) < 4.78 is 29.9. The number of nitrogens with zero attached hydrogens (tertiary/aromatic N) is 2. The Kier molecular flexibility index (Phi) is 5.71. The fraction of sp³-hybridized carbons (Fsp3) is 0.200. The minimum Gasteiger partial charge on any atom is -0.497 e. The highest BCUT2D eigenvalue weighted by Crippen LogP contribution is 2.34. The van der Waals surface area contributed by atoms with E-state index in [1.54, 1.807) is 32.5 Å². The van der Waals surface area contributed by atoms with Crippen molar-refractivity contribution in [3.05, 3.63) is 71.7 Å². The Morgan fingerprint density at radius 2 is 1.81 bits per heavy atom. The van der Waals surface area contributed by atoms with Crippen LogP contribution in [-0.4, -0.2) is 31.3 Å². The van der Waals surface area contributed by atoms with Crippen LogP contribution in [0.5, 0.6) is 17.4 Å². The third kappa shape index (κ3) is 4.25. The Bertz CT molecular complexity index is 920. The van der Waals surface area contributed by atoms with Crippen molar-refractivity contribution in [2.24, 2.45) is 0 Å². The molecule has 0 aliphatic rings. The van der Waals surface area contributed by atoms with Gasteiger partial charge in [-0.05, 0) is 35.9 Å². The first-order chi connectivity index (χ1) is 13.1. The number of hydrogen-bond acceptors (Lipinski definition) is 6. The molecule has 1 N–H and O–H groups in total. The molecule has 0 amide bonds. The molecule has 1 aromatic heterocycles. The fourth-order valence-corrected chi connectivity index (χ4v) is 2.75. The summed E-state index contributed by atoms with van der Waals surface area (Å²) in [6.45, 7) is 0. The van der Waals surface area contributed by atoms with Crippen LogP contribution in [0, 0.1) is 5.82 Å². The molecule has 7 heteroatoms. The Morgan fingerprint density at radius 1 is 0.963 bits per heavy atom. The van der Waals surface area contributed by atoms with Crippen LogP contribution in [-0.2, 0) is 0 Å². The van der Waals surface area contributed by atoms with Crippen LogP contribution in [0.4, 0.5) is 10.3 Å². The van der Waals surface area contributed by atoms with E-state index in [-0.39, 0.29) is 5.82 Å². The van der Waals surface area contributed by atoms with Crippen LogP contribution >= 0.6 is 0 Å². The number of benzene rings is 2. The lowest BCUT2D eigenvalue weighted by Gasteiger charge is -2.22. The molecule has 27 heavy (non-hydrogen) atoms. The van der Waals surface area contributed by atoms with E-state index in [0.717, 1.165) is 5.56 Å². The molecule has 140 valence electrons. The van der Waals surface area contributed by atoms with E-state index in [4.69, 9.17) is 14.2 Å². The topological polar surface area (TPSA) is 65.5 Å². The zero-order chi connectivity index (χ0) is 19.2. The van der Waals surface area contributed by atoms with Gasteiger partial charge in [0.25, 0.3) is 0 Å². The molecular weight excluding hydrogens is 349 g/mol. The lowest BCUT2D eigenvalue weighted by molar-refractivity contribution is 0.397. The predicted octanol–water partition coefficient (Wildman–Crippen LogP) is 3.84. The van der Waals surface area contributed by atoms with Gasteiger partial charge in [0.15, 0.2) is 0 Å². The van der Waals surface area contributed by atoms with Crippen molar-refractivity contribution in [2.75, 3.05) is 26.6 Å². The van der Waals surface area contributed by atoms with E-state index in [1.165, 1.54) is 19.2 Å². The van der Waals surface area contributed by atoms with Gasteiger partial charge in [0.2, 0.25) is 11.8 Å². The lowest BCUT2D eigenvalue weighted by Crippen LogP contribution is -2.16. The summed E-state index contributed by atoms with van der Waals surface area (Å²) in [6.07, 6.45) is 1.58. The van der Waals surface area contributed by atoms with Crippen LogP contribution in [0.15, 0.2) is 54.7 Å². The van der Waals surface area contributed by atoms with E-state index in [0.29, 0.717) is 28.9 Å². The van der Waals surface area contributed by atoms with Gasteiger partial charge in [-0.2, -0.15) is 4.98 Å². The summed E-state index contributed by atoms with van der Waals surface area (Å²) in [6, 6.07) is 13.0. The Morgan fingerprint density at radius 3 is 2.56 bits per heavy atom. The first-order valence-electron chi connectivity index (χ1n) is 8.25. The zero-order valence-corrected chi connectivity index (χ0v) is 15.3. The third-order valence-electron chi connectivity index (χ3n) is 4.04. The average molecular weight is 369 g/mol. The minimum atomic E-state index is -0.474. The molecule has 0 fully saturated rings. The van der Waals surface area contributed by atoms with E-state index < -0.39 is 6.04 Å². The van der Waals surface area contributed by atoms with Gasteiger partial charge in [0, 0.05) is 17.8 Å². The molecule has 3 aromatic rings. The number of ether oxygens (including phenoxy) is 3. The van der Waals surface area contributed by atoms with Crippen LogP contribution in [0.25, 0.3) is 0 Å². The molecule has 0 spiro atoms. The highest BCUT2D eigenvalue weighted by Gasteiger charge is 2.21. The second kappa shape index (κ2) is 8.35. The molecule has 3 rings (SSSR count). The molecule has 1 unspecified atom stereocenters. The first kappa shape index (κ1) is 18.4. The second-order valence-electron chi connectivity index (χ2n) is 5.66. The normalized spacial score (nSPS) is 11.6. The van der Waals surface area contributed by atoms with Gasteiger partial charge < -0.3 is 19.5 Å². The van der Waals surface area contributed by atoms with Gasteiger partial charge in [-0.15, -0.1) is 0 Å². The number of hydrogen-bond donors (Lipinski definition) is 1. The van der Waals surface area contributed by atoms with Crippen molar-refractivity contribution >= 4 is 5.95 Å². The van der Waals surface area contributed by atoms with Crippen molar-refractivity contribution in [3.8, 4) is 17.4 Å². The first-order valence-corrected chi connectivity index (χ1v) is 8.25. The smallest absolute Gasteiger partial charge is 0.226 e.